The second-order valence-electron chi connectivity index (χ2n) is 26.6. The Morgan fingerprint density at radius 2 is 0.721 bits per heavy atom. The highest BCUT2D eigenvalue weighted by atomic mass is 31.2. The Morgan fingerprint density at radius 3 is 1.08 bits per heavy atom. The highest BCUT2D eigenvalue weighted by Gasteiger charge is 2.23. The van der Waals surface area contributed by atoms with Crippen LogP contribution >= 0.6 is 7.82 Å². The van der Waals surface area contributed by atoms with Crippen molar-refractivity contribution in [1.29, 1.82) is 0 Å². The summed E-state index contributed by atoms with van der Waals surface area (Å²) >= 11 is 0. The molecule has 0 fully saturated rings. The first kappa shape index (κ1) is 83.9. The average molecular weight is 1230 g/mol. The first-order valence-corrected chi connectivity index (χ1v) is 38.8. The number of likely N-dealkylation sites (N-methyl/N-ethyl adjacent to an activating group) is 1. The lowest BCUT2D eigenvalue weighted by Gasteiger charge is -2.29. The number of hydrogen-bond acceptors (Lipinski definition) is 6. The van der Waals surface area contributed by atoms with Crippen LogP contribution in [0.2, 0.25) is 0 Å². The Balaban J connectivity index is 4.03. The minimum Gasteiger partial charge on any atom is -0.756 e. The van der Waals surface area contributed by atoms with Crippen molar-refractivity contribution in [3.8, 4) is 0 Å². The summed E-state index contributed by atoms with van der Waals surface area (Å²) in [5, 5.41) is 14.0. The van der Waals surface area contributed by atoms with Gasteiger partial charge in [-0.05, 0) is 70.6 Å². The van der Waals surface area contributed by atoms with Crippen molar-refractivity contribution >= 4 is 13.7 Å². The van der Waals surface area contributed by atoms with E-state index < -0.39 is 26.6 Å². The van der Waals surface area contributed by atoms with Gasteiger partial charge in [0.1, 0.15) is 13.2 Å². The van der Waals surface area contributed by atoms with Gasteiger partial charge in [0.25, 0.3) is 7.82 Å². The number of amides is 1. The summed E-state index contributed by atoms with van der Waals surface area (Å²) < 4.78 is 23.5. The normalized spacial score (nSPS) is 14.0. The van der Waals surface area contributed by atoms with Gasteiger partial charge in [0.05, 0.1) is 39.9 Å². The van der Waals surface area contributed by atoms with E-state index in [1.165, 1.54) is 276 Å². The van der Waals surface area contributed by atoms with Gasteiger partial charge in [0.2, 0.25) is 5.91 Å². The third-order valence-electron chi connectivity index (χ3n) is 16.9. The number of quaternary nitrogens is 1. The monoisotopic (exact) mass is 1230 g/mol. The molecule has 3 atom stereocenters. The Hall–Kier alpha value is -2.06. The number of hydrogen-bond donors (Lipinski definition) is 2. The molecule has 9 heteroatoms. The maximum absolute atomic E-state index is 13.1. The first-order valence-electron chi connectivity index (χ1n) is 37.3. The van der Waals surface area contributed by atoms with Gasteiger partial charge < -0.3 is 28.8 Å². The number of nitrogens with zero attached hydrogens (tertiary/aromatic N) is 1. The summed E-state index contributed by atoms with van der Waals surface area (Å²) in [5.74, 6) is -0.201. The minimum atomic E-state index is -4.62. The Kier molecular flexibility index (Phi) is 65.7. The Morgan fingerprint density at radius 1 is 0.419 bits per heavy atom. The molecule has 86 heavy (non-hydrogen) atoms. The predicted molar refractivity (Wildman–Crippen MR) is 376 cm³/mol. The summed E-state index contributed by atoms with van der Waals surface area (Å²) in [6.45, 7) is 4.57. The molecule has 1 amide bonds. The number of rotatable bonds is 69. The number of carbonyl (C=O) groups is 1. The maximum Gasteiger partial charge on any atom is 0.268 e. The fourth-order valence-corrected chi connectivity index (χ4v) is 11.9. The third-order valence-corrected chi connectivity index (χ3v) is 17.9. The highest BCUT2D eigenvalue weighted by Crippen LogP contribution is 2.38. The summed E-state index contributed by atoms with van der Waals surface area (Å²) in [4.78, 5) is 25.7. The zero-order valence-electron chi connectivity index (χ0n) is 57.8. The van der Waals surface area contributed by atoms with Gasteiger partial charge in [-0.2, -0.15) is 0 Å². The molecule has 3 unspecified atom stereocenters. The van der Waals surface area contributed by atoms with Crippen molar-refractivity contribution < 1.29 is 32.9 Å². The number of unbranched alkanes of at least 4 members (excludes halogenated alkanes) is 46. The Bertz CT molecular complexity index is 1630. The van der Waals surface area contributed by atoms with E-state index in [1.807, 2.05) is 27.2 Å². The number of nitrogens with one attached hydrogen (secondary N) is 1. The predicted octanol–water partition coefficient (Wildman–Crippen LogP) is 23.5. The SMILES string of the molecule is CC/C=C\C/C=C\C/C=C\C/C=C\CCCCCCCCCCCCCCCCCCCCCCCCC(=O)NC(COP(=O)([O-])OCC[N+](C)(C)C)C(O)/C=C/CC/C=C/CCCCCCCCCCCCCCCCCCCCCCCCC. The van der Waals surface area contributed by atoms with Crippen LogP contribution in [0, 0.1) is 0 Å². The van der Waals surface area contributed by atoms with Gasteiger partial charge >= 0.3 is 0 Å². The van der Waals surface area contributed by atoms with Crippen LogP contribution in [0.1, 0.15) is 361 Å². The molecular formula is C77H145N2O6P. The number of phosphoric ester groups is 1. The quantitative estimate of drug-likeness (QED) is 0.0272. The van der Waals surface area contributed by atoms with Crippen LogP contribution in [-0.2, 0) is 18.4 Å². The van der Waals surface area contributed by atoms with E-state index in [0.29, 0.717) is 17.4 Å². The standard InChI is InChI=1S/C77H145N2O6P/c1-6-8-10-12-14-16-18-20-22-24-26-28-30-32-34-36-37-38-39-40-41-43-45-47-49-51-53-55-57-59-61-63-65-67-69-71-77(81)78-75(74-85-86(82,83)84-73-72-79(3,4)5)76(80)70-68-66-64-62-60-58-56-54-52-50-48-46-44-42-35-33-31-29-27-25-23-21-19-17-15-13-11-9-7-2/h8,10,14,16,20,22,26,28,60,62,68,70,75-76,80H,6-7,9,11-13,15,17-19,21,23-25,27,29-59,61,63-67,69,71-74H2,1-5H3,(H-,78,81,82,83)/b10-8-,16-14-,22-20-,28-26-,62-60+,70-68+. The van der Waals surface area contributed by atoms with Crippen LogP contribution in [0.25, 0.3) is 0 Å². The Labute approximate surface area is 535 Å². The molecule has 0 saturated carbocycles. The third kappa shape index (κ3) is 69.4. The van der Waals surface area contributed by atoms with Gasteiger partial charge in [0, 0.05) is 6.42 Å². The fraction of sp³-hybridized carbons (Fsp3) is 0.831. The van der Waals surface area contributed by atoms with E-state index in [0.717, 1.165) is 64.2 Å². The van der Waals surface area contributed by atoms with Crippen molar-refractivity contribution in [1.82, 2.24) is 5.32 Å². The molecule has 504 valence electrons. The number of allylic oxidation sites excluding steroid dienone is 11. The van der Waals surface area contributed by atoms with E-state index in [2.05, 4.69) is 79.9 Å². The van der Waals surface area contributed by atoms with Crippen molar-refractivity contribution in [3.05, 3.63) is 72.9 Å². The van der Waals surface area contributed by atoms with Gasteiger partial charge in [-0.15, -0.1) is 0 Å². The largest absolute Gasteiger partial charge is 0.756 e. The van der Waals surface area contributed by atoms with Crippen LogP contribution < -0.4 is 10.2 Å². The lowest BCUT2D eigenvalue weighted by Crippen LogP contribution is -2.45. The summed E-state index contributed by atoms with van der Waals surface area (Å²) in [5.41, 5.74) is 0. The van der Waals surface area contributed by atoms with Crippen LogP contribution in [0.15, 0.2) is 72.9 Å². The average Bonchev–Trinajstić information content (AvgIpc) is 3.70. The molecule has 8 nitrogen and oxygen atoms in total. The lowest BCUT2D eigenvalue weighted by molar-refractivity contribution is -0.870. The lowest BCUT2D eigenvalue weighted by atomic mass is 10.0. The van der Waals surface area contributed by atoms with E-state index in [9.17, 15) is 19.4 Å². The first-order chi connectivity index (χ1) is 42.0. The summed E-state index contributed by atoms with van der Waals surface area (Å²) in [6, 6.07) is -0.906. The van der Waals surface area contributed by atoms with E-state index in [1.54, 1.807) is 6.08 Å². The van der Waals surface area contributed by atoms with E-state index >= 15 is 0 Å². The molecule has 0 aliphatic carbocycles. The molecule has 0 heterocycles. The summed E-state index contributed by atoms with van der Waals surface area (Å²) in [7, 11) is 1.26. The molecule has 0 radical (unpaired) electrons. The van der Waals surface area contributed by atoms with Crippen LogP contribution in [-0.4, -0.2) is 68.5 Å². The molecule has 0 aliphatic rings. The molecule has 0 aromatic rings. The number of carbonyl (C=O) groups excluding carboxylic acids is 1. The minimum absolute atomic E-state index is 0.00613. The van der Waals surface area contributed by atoms with Gasteiger partial charge in [0.15, 0.2) is 0 Å². The molecule has 2 N–H and O–H groups in total. The number of aliphatic hydroxyl groups excluding tert-OH is 1. The zero-order valence-corrected chi connectivity index (χ0v) is 58.7. The van der Waals surface area contributed by atoms with Crippen molar-refractivity contribution in [2.45, 2.75) is 373 Å². The fourth-order valence-electron chi connectivity index (χ4n) is 11.2. The molecule has 0 saturated heterocycles. The highest BCUT2D eigenvalue weighted by molar-refractivity contribution is 7.45. The van der Waals surface area contributed by atoms with Crippen LogP contribution in [0.5, 0.6) is 0 Å². The topological polar surface area (TPSA) is 108 Å². The van der Waals surface area contributed by atoms with Gasteiger partial charge in [-0.1, -0.05) is 356 Å². The van der Waals surface area contributed by atoms with Crippen LogP contribution in [0.4, 0.5) is 0 Å². The maximum atomic E-state index is 13.1. The second kappa shape index (κ2) is 67.3. The number of phosphoric acid groups is 1. The molecular weight excluding hydrogens is 1080 g/mol. The molecule has 0 spiro atoms. The molecule has 0 aliphatic heterocycles. The van der Waals surface area contributed by atoms with Crippen molar-refractivity contribution in [2.75, 3.05) is 40.9 Å². The van der Waals surface area contributed by atoms with E-state index in [-0.39, 0.29) is 12.5 Å². The molecule has 0 aromatic heterocycles. The van der Waals surface area contributed by atoms with Crippen molar-refractivity contribution in [2.24, 2.45) is 0 Å². The van der Waals surface area contributed by atoms with Crippen molar-refractivity contribution in [3.63, 3.8) is 0 Å². The second-order valence-corrected chi connectivity index (χ2v) is 28.0. The summed E-state index contributed by atoms with van der Waals surface area (Å²) in [6.07, 6.45) is 94.8. The molecule has 0 bridgehead atoms. The van der Waals surface area contributed by atoms with Gasteiger partial charge in [-0.3, -0.25) is 9.36 Å². The number of aliphatic hydroxyl groups is 1. The smallest absolute Gasteiger partial charge is 0.268 e. The van der Waals surface area contributed by atoms with Crippen LogP contribution in [0.3, 0.4) is 0 Å². The molecule has 0 aromatic carbocycles. The zero-order chi connectivity index (χ0) is 62.6. The van der Waals surface area contributed by atoms with Gasteiger partial charge in [-0.25, -0.2) is 0 Å². The molecule has 0 rings (SSSR count). The van der Waals surface area contributed by atoms with E-state index in [4.69, 9.17) is 9.05 Å².